The van der Waals surface area contributed by atoms with E-state index in [1.54, 1.807) is 48.7 Å². The predicted molar refractivity (Wildman–Crippen MR) is 111 cm³/mol. The van der Waals surface area contributed by atoms with Gasteiger partial charge in [-0.2, -0.15) is 5.10 Å². The maximum Gasteiger partial charge on any atom is 0.283 e. The maximum absolute atomic E-state index is 13.4. The summed E-state index contributed by atoms with van der Waals surface area (Å²) in [6.45, 7) is 0. The summed E-state index contributed by atoms with van der Waals surface area (Å²) in [4.78, 5) is 20.5. The molecule has 0 aliphatic heterocycles. The van der Waals surface area contributed by atoms with Crippen molar-refractivity contribution in [3.05, 3.63) is 96.5 Å². The van der Waals surface area contributed by atoms with Crippen molar-refractivity contribution in [2.24, 2.45) is 0 Å². The molecule has 4 aromatic rings. The molecular weight excluding hydrogens is 421 g/mol. The monoisotopic (exact) mass is 437 g/mol. The molecule has 31 heavy (non-hydrogen) atoms. The molecule has 3 heterocycles. The van der Waals surface area contributed by atoms with Crippen LogP contribution in [0.15, 0.2) is 79.4 Å². The highest BCUT2D eigenvalue weighted by Gasteiger charge is 2.18. The van der Waals surface area contributed by atoms with Crippen LogP contribution in [0.2, 0.25) is 0 Å². The van der Waals surface area contributed by atoms with E-state index in [1.807, 2.05) is 4.72 Å². The van der Waals surface area contributed by atoms with E-state index in [2.05, 4.69) is 15.1 Å². The van der Waals surface area contributed by atoms with Crippen LogP contribution in [0.25, 0.3) is 16.9 Å². The van der Waals surface area contributed by atoms with Crippen molar-refractivity contribution in [3.8, 4) is 16.9 Å². The van der Waals surface area contributed by atoms with Gasteiger partial charge >= 0.3 is 0 Å². The molecule has 0 fully saturated rings. The lowest BCUT2D eigenvalue weighted by Crippen LogP contribution is -2.32. The second kappa shape index (κ2) is 8.44. The van der Waals surface area contributed by atoms with Gasteiger partial charge in [0.2, 0.25) is 10.0 Å². The number of nitrogens with zero attached hydrogens (tertiary/aromatic N) is 4. The fourth-order valence-electron chi connectivity index (χ4n) is 2.87. The molecule has 156 valence electrons. The number of carbonyl (C=O) groups is 1. The third-order valence-electron chi connectivity index (χ3n) is 4.26. The lowest BCUT2D eigenvalue weighted by molar-refractivity contribution is 0.0976. The van der Waals surface area contributed by atoms with E-state index in [4.69, 9.17) is 0 Å². The standard InChI is InChI=1S/C21H16FN5O3S/c22-17-9-18(12-23-11-17)27-13-16(10-24-27)19-7-4-8-20(25-19)21(28)26-31(29,30)14-15-5-2-1-3-6-15/h1-13H,14H2,(H,26,28). The lowest BCUT2D eigenvalue weighted by atomic mass is 10.2. The van der Waals surface area contributed by atoms with Gasteiger partial charge < -0.3 is 0 Å². The highest BCUT2D eigenvalue weighted by atomic mass is 32.2. The molecule has 1 aromatic carbocycles. The Labute approximate surface area is 177 Å². The molecule has 0 radical (unpaired) electrons. The summed E-state index contributed by atoms with van der Waals surface area (Å²) in [5, 5.41) is 4.16. The predicted octanol–water partition coefficient (Wildman–Crippen LogP) is 2.73. The van der Waals surface area contributed by atoms with E-state index in [0.717, 1.165) is 6.20 Å². The van der Waals surface area contributed by atoms with Gasteiger partial charge in [0, 0.05) is 17.8 Å². The van der Waals surface area contributed by atoms with Gasteiger partial charge in [0.15, 0.2) is 0 Å². The molecule has 0 aliphatic carbocycles. The van der Waals surface area contributed by atoms with E-state index in [1.165, 1.54) is 29.2 Å². The van der Waals surface area contributed by atoms with Gasteiger partial charge in [0.05, 0.1) is 35.7 Å². The average molecular weight is 437 g/mol. The molecule has 0 bridgehead atoms. The van der Waals surface area contributed by atoms with Gasteiger partial charge in [-0.3, -0.25) is 9.78 Å². The first-order valence-corrected chi connectivity index (χ1v) is 10.8. The van der Waals surface area contributed by atoms with Crippen LogP contribution in [0.1, 0.15) is 16.1 Å². The van der Waals surface area contributed by atoms with Crippen molar-refractivity contribution >= 4 is 15.9 Å². The van der Waals surface area contributed by atoms with Crippen LogP contribution in [0, 0.1) is 5.82 Å². The number of sulfonamides is 1. The normalized spacial score (nSPS) is 11.3. The molecule has 1 N–H and O–H groups in total. The number of benzene rings is 1. The minimum Gasteiger partial charge on any atom is -0.266 e. The highest BCUT2D eigenvalue weighted by molar-refractivity contribution is 7.89. The third kappa shape index (κ3) is 4.98. The number of halogens is 1. The number of hydrogen-bond acceptors (Lipinski definition) is 6. The van der Waals surface area contributed by atoms with Crippen LogP contribution in [0.4, 0.5) is 4.39 Å². The Morgan fingerprint density at radius 2 is 1.84 bits per heavy atom. The van der Waals surface area contributed by atoms with Crippen LogP contribution in [0.5, 0.6) is 0 Å². The molecule has 0 aliphatic rings. The molecule has 0 spiro atoms. The highest BCUT2D eigenvalue weighted by Crippen LogP contribution is 2.19. The number of carbonyl (C=O) groups excluding carboxylic acids is 1. The second-order valence-electron chi connectivity index (χ2n) is 6.62. The molecule has 3 aromatic heterocycles. The molecule has 4 rings (SSSR count). The minimum atomic E-state index is -3.89. The Hall–Kier alpha value is -3.92. The van der Waals surface area contributed by atoms with Gasteiger partial charge in [-0.25, -0.2) is 27.2 Å². The van der Waals surface area contributed by atoms with Gasteiger partial charge in [-0.15, -0.1) is 0 Å². The summed E-state index contributed by atoms with van der Waals surface area (Å²) < 4.78 is 41.5. The number of nitrogens with one attached hydrogen (secondary N) is 1. The number of rotatable bonds is 6. The molecule has 0 atom stereocenters. The van der Waals surface area contributed by atoms with Crippen LogP contribution < -0.4 is 4.72 Å². The fraction of sp³-hybridized carbons (Fsp3) is 0.0476. The first-order valence-electron chi connectivity index (χ1n) is 9.11. The van der Waals surface area contributed by atoms with Gasteiger partial charge in [-0.1, -0.05) is 36.4 Å². The molecule has 10 heteroatoms. The van der Waals surface area contributed by atoms with Crippen LogP contribution >= 0.6 is 0 Å². The van der Waals surface area contributed by atoms with Crippen LogP contribution in [-0.2, 0) is 15.8 Å². The maximum atomic E-state index is 13.4. The Morgan fingerprint density at radius 3 is 2.61 bits per heavy atom. The largest absolute Gasteiger partial charge is 0.283 e. The zero-order valence-electron chi connectivity index (χ0n) is 16.0. The van der Waals surface area contributed by atoms with Crippen LogP contribution in [0.3, 0.4) is 0 Å². The number of aromatic nitrogens is 4. The summed E-state index contributed by atoms with van der Waals surface area (Å²) in [5.74, 6) is -1.66. The van der Waals surface area contributed by atoms with E-state index in [9.17, 15) is 17.6 Å². The smallest absolute Gasteiger partial charge is 0.266 e. The Morgan fingerprint density at radius 1 is 1.03 bits per heavy atom. The van der Waals surface area contributed by atoms with E-state index >= 15 is 0 Å². The van der Waals surface area contributed by atoms with E-state index < -0.39 is 21.7 Å². The van der Waals surface area contributed by atoms with Gasteiger partial charge in [0.1, 0.15) is 11.5 Å². The summed E-state index contributed by atoms with van der Waals surface area (Å²) >= 11 is 0. The topological polar surface area (TPSA) is 107 Å². The number of pyridine rings is 2. The van der Waals surface area contributed by atoms with Crippen molar-refractivity contribution in [1.29, 1.82) is 0 Å². The van der Waals surface area contributed by atoms with Crippen LogP contribution in [-0.4, -0.2) is 34.1 Å². The summed E-state index contributed by atoms with van der Waals surface area (Å²) in [7, 11) is -3.89. The fourth-order valence-corrected chi connectivity index (χ4v) is 3.96. The van der Waals surface area contributed by atoms with Crippen molar-refractivity contribution in [3.63, 3.8) is 0 Å². The zero-order chi connectivity index (χ0) is 21.8. The SMILES string of the molecule is O=C(NS(=O)(=O)Cc1ccccc1)c1cccc(-c2cnn(-c3cncc(F)c3)c2)n1. The van der Waals surface area contributed by atoms with E-state index in [0.29, 0.717) is 22.5 Å². The Kier molecular flexibility index (Phi) is 5.54. The van der Waals surface area contributed by atoms with Gasteiger partial charge in [0.25, 0.3) is 5.91 Å². The van der Waals surface area contributed by atoms with Crippen molar-refractivity contribution < 1.29 is 17.6 Å². The quantitative estimate of drug-likeness (QED) is 0.497. The molecule has 0 saturated heterocycles. The molecule has 0 saturated carbocycles. The van der Waals surface area contributed by atoms with E-state index in [-0.39, 0.29) is 11.4 Å². The van der Waals surface area contributed by atoms with Crippen molar-refractivity contribution in [2.75, 3.05) is 0 Å². The lowest BCUT2D eigenvalue weighted by Gasteiger charge is -2.07. The molecule has 0 unspecified atom stereocenters. The number of hydrogen-bond donors (Lipinski definition) is 1. The minimum absolute atomic E-state index is 0.0608. The molecular formula is C21H16FN5O3S. The zero-order valence-corrected chi connectivity index (χ0v) is 16.8. The molecule has 8 nitrogen and oxygen atoms in total. The van der Waals surface area contributed by atoms with Crippen molar-refractivity contribution in [1.82, 2.24) is 24.5 Å². The average Bonchev–Trinajstić information content (AvgIpc) is 3.24. The summed E-state index contributed by atoms with van der Waals surface area (Å²) in [5.41, 5.74) is 1.89. The Bertz CT molecular complexity index is 1340. The number of amides is 1. The first kappa shape index (κ1) is 20.4. The third-order valence-corrected chi connectivity index (χ3v) is 5.47. The second-order valence-corrected chi connectivity index (χ2v) is 8.34. The summed E-state index contributed by atoms with van der Waals surface area (Å²) in [6, 6.07) is 14.5. The first-order chi connectivity index (χ1) is 14.9. The van der Waals surface area contributed by atoms with Crippen molar-refractivity contribution in [2.45, 2.75) is 5.75 Å². The molecule has 1 amide bonds. The van der Waals surface area contributed by atoms with Gasteiger partial charge in [-0.05, 0) is 17.7 Å². The summed E-state index contributed by atoms with van der Waals surface area (Å²) in [6.07, 6.45) is 5.64. The Balaban J connectivity index is 1.52.